The molecule has 0 aliphatic heterocycles. The van der Waals surface area contributed by atoms with Crippen molar-refractivity contribution in [3.63, 3.8) is 0 Å². The van der Waals surface area contributed by atoms with Crippen LogP contribution in [0.15, 0.2) is 30.3 Å². The van der Waals surface area contributed by atoms with Gasteiger partial charge in [-0.15, -0.1) is 12.4 Å². The lowest BCUT2D eigenvalue weighted by Crippen LogP contribution is -2.17. The maximum absolute atomic E-state index is 13.3. The minimum Gasteiger partial charge on any atom is -0.330 e. The minimum atomic E-state index is -4.51. The lowest BCUT2D eigenvalue weighted by Gasteiger charge is -2.15. The average molecular weight is 405 g/mol. The van der Waals surface area contributed by atoms with E-state index in [4.69, 9.17) is 5.73 Å². The second-order valence-corrected chi connectivity index (χ2v) is 6.10. The number of carbonyl (C=O) groups excluding carboxylic acids is 1. The molecule has 0 aliphatic rings. The van der Waals surface area contributed by atoms with Crippen LogP contribution in [0.1, 0.15) is 43.4 Å². The summed E-state index contributed by atoms with van der Waals surface area (Å²) >= 11 is 0. The Balaban J connectivity index is 0.00000364. The lowest BCUT2D eigenvalue weighted by atomic mass is 10.1. The fourth-order valence-electron chi connectivity index (χ4n) is 2.66. The van der Waals surface area contributed by atoms with Crippen LogP contribution in [0.4, 0.5) is 19.0 Å². The third-order valence-corrected chi connectivity index (χ3v) is 3.89. The number of halogens is 4. The van der Waals surface area contributed by atoms with Crippen molar-refractivity contribution in [3.8, 4) is 5.69 Å². The van der Waals surface area contributed by atoms with Crippen LogP contribution in [0.5, 0.6) is 0 Å². The van der Waals surface area contributed by atoms with Gasteiger partial charge in [0.25, 0.3) is 0 Å². The summed E-state index contributed by atoms with van der Waals surface area (Å²) in [7, 11) is 0. The second-order valence-electron chi connectivity index (χ2n) is 6.10. The van der Waals surface area contributed by atoms with E-state index < -0.39 is 11.7 Å². The summed E-state index contributed by atoms with van der Waals surface area (Å²) in [6, 6.07) is 6.71. The molecule has 2 aromatic rings. The predicted octanol–water partition coefficient (Wildman–Crippen LogP) is 4.47. The zero-order valence-corrected chi connectivity index (χ0v) is 15.9. The molecule has 0 bridgehead atoms. The number of nitrogens with two attached hydrogens (primary N) is 1. The van der Waals surface area contributed by atoms with E-state index in [1.165, 1.54) is 18.2 Å². The van der Waals surface area contributed by atoms with Crippen molar-refractivity contribution in [3.05, 3.63) is 41.6 Å². The molecule has 27 heavy (non-hydrogen) atoms. The van der Waals surface area contributed by atoms with Crippen LogP contribution >= 0.6 is 12.4 Å². The van der Waals surface area contributed by atoms with Gasteiger partial charge in [-0.25, -0.2) is 4.68 Å². The summed E-state index contributed by atoms with van der Waals surface area (Å²) in [6.45, 7) is 2.29. The smallest absolute Gasteiger partial charge is 0.330 e. The van der Waals surface area contributed by atoms with E-state index in [1.54, 1.807) is 13.0 Å². The zero-order chi connectivity index (χ0) is 19.2. The van der Waals surface area contributed by atoms with Gasteiger partial charge in [0.05, 0.1) is 16.9 Å². The standard InChI is InChI=1S/C18H23F3N4O.ClH/c1-13-12-16(23-17(26)10-4-2-3-7-11-22)25(24-13)15-9-6-5-8-14(15)18(19,20)21;/h5-6,8-9,12H,2-4,7,10-11,22H2,1H3,(H,23,26);1H. The van der Waals surface area contributed by atoms with E-state index in [0.29, 0.717) is 25.1 Å². The highest BCUT2D eigenvalue weighted by Crippen LogP contribution is 2.34. The van der Waals surface area contributed by atoms with E-state index in [-0.39, 0.29) is 29.8 Å². The summed E-state index contributed by atoms with van der Waals surface area (Å²) in [5, 5.41) is 6.79. The van der Waals surface area contributed by atoms with Crippen molar-refractivity contribution in [1.29, 1.82) is 0 Å². The molecule has 1 aromatic carbocycles. The molecule has 150 valence electrons. The molecule has 2 rings (SSSR count). The molecule has 5 nitrogen and oxygen atoms in total. The quantitative estimate of drug-likeness (QED) is 0.637. The van der Waals surface area contributed by atoms with E-state index in [9.17, 15) is 18.0 Å². The third-order valence-electron chi connectivity index (χ3n) is 3.89. The van der Waals surface area contributed by atoms with Gasteiger partial charge in [-0.05, 0) is 38.4 Å². The number of hydrogen-bond donors (Lipinski definition) is 2. The van der Waals surface area contributed by atoms with Crippen LogP contribution in [-0.2, 0) is 11.0 Å². The number of hydrogen-bond acceptors (Lipinski definition) is 3. The van der Waals surface area contributed by atoms with Gasteiger partial charge in [0.15, 0.2) is 0 Å². The van der Waals surface area contributed by atoms with E-state index >= 15 is 0 Å². The van der Waals surface area contributed by atoms with Gasteiger partial charge in [-0.1, -0.05) is 25.0 Å². The first kappa shape index (κ1) is 23.0. The molecule has 0 saturated heterocycles. The van der Waals surface area contributed by atoms with Crippen molar-refractivity contribution in [2.75, 3.05) is 11.9 Å². The molecule has 1 amide bonds. The topological polar surface area (TPSA) is 72.9 Å². The van der Waals surface area contributed by atoms with Crippen LogP contribution < -0.4 is 11.1 Å². The van der Waals surface area contributed by atoms with E-state index in [2.05, 4.69) is 10.4 Å². The number of aromatic nitrogens is 2. The number of nitrogens with zero attached hydrogens (tertiary/aromatic N) is 2. The van der Waals surface area contributed by atoms with Crippen molar-refractivity contribution >= 4 is 24.1 Å². The first-order chi connectivity index (χ1) is 12.3. The van der Waals surface area contributed by atoms with Crippen LogP contribution in [0, 0.1) is 6.92 Å². The highest BCUT2D eigenvalue weighted by atomic mass is 35.5. The molecule has 0 aliphatic carbocycles. The summed E-state index contributed by atoms with van der Waals surface area (Å²) in [6.07, 6.45) is -0.740. The fraction of sp³-hybridized carbons (Fsp3) is 0.444. The summed E-state index contributed by atoms with van der Waals surface area (Å²) in [5.41, 5.74) is 5.01. The van der Waals surface area contributed by atoms with Gasteiger partial charge in [0.1, 0.15) is 5.82 Å². The zero-order valence-electron chi connectivity index (χ0n) is 15.1. The van der Waals surface area contributed by atoms with Gasteiger partial charge in [-0.2, -0.15) is 18.3 Å². The number of rotatable bonds is 8. The number of benzene rings is 1. The van der Waals surface area contributed by atoms with Crippen LogP contribution in [0.3, 0.4) is 0 Å². The maximum Gasteiger partial charge on any atom is 0.418 e. The number of carbonyl (C=O) groups is 1. The molecule has 9 heteroatoms. The minimum absolute atomic E-state index is 0. The highest BCUT2D eigenvalue weighted by Gasteiger charge is 2.34. The van der Waals surface area contributed by atoms with E-state index in [0.717, 1.165) is 30.0 Å². The predicted molar refractivity (Wildman–Crippen MR) is 101 cm³/mol. The van der Waals surface area contributed by atoms with Crippen LogP contribution in [0.2, 0.25) is 0 Å². The SMILES string of the molecule is Cc1cc(NC(=O)CCCCCCN)n(-c2ccccc2C(F)(F)F)n1.Cl. The number of aryl methyl sites for hydroxylation is 1. The number of nitrogens with one attached hydrogen (secondary N) is 1. The summed E-state index contributed by atoms with van der Waals surface area (Å²) in [4.78, 5) is 12.1. The summed E-state index contributed by atoms with van der Waals surface area (Å²) < 4.78 is 40.9. The molecule has 0 radical (unpaired) electrons. The Kier molecular flexibility index (Phi) is 8.78. The lowest BCUT2D eigenvalue weighted by molar-refractivity contribution is -0.137. The first-order valence-electron chi connectivity index (χ1n) is 8.56. The number of anilines is 1. The Morgan fingerprint density at radius 1 is 1.19 bits per heavy atom. The number of amides is 1. The van der Waals surface area contributed by atoms with Crippen molar-refractivity contribution < 1.29 is 18.0 Å². The van der Waals surface area contributed by atoms with Crippen LogP contribution in [0.25, 0.3) is 5.69 Å². The highest BCUT2D eigenvalue weighted by molar-refractivity contribution is 5.90. The Morgan fingerprint density at radius 3 is 2.52 bits per heavy atom. The Bertz CT molecular complexity index is 746. The molecule has 0 fully saturated rings. The molecule has 0 spiro atoms. The van der Waals surface area contributed by atoms with Gasteiger partial charge in [0, 0.05) is 12.5 Å². The molecule has 0 saturated carbocycles. The van der Waals surface area contributed by atoms with Gasteiger partial charge >= 0.3 is 6.18 Å². The van der Waals surface area contributed by atoms with E-state index in [1.807, 2.05) is 0 Å². The number of unbranched alkanes of at least 4 members (excludes halogenated alkanes) is 3. The number of alkyl halides is 3. The maximum atomic E-state index is 13.3. The second kappa shape index (κ2) is 10.3. The fourth-order valence-corrected chi connectivity index (χ4v) is 2.66. The molecule has 0 unspecified atom stereocenters. The third kappa shape index (κ3) is 6.55. The number of para-hydroxylation sites is 1. The van der Waals surface area contributed by atoms with Crippen LogP contribution in [-0.4, -0.2) is 22.2 Å². The monoisotopic (exact) mass is 404 g/mol. The molecule has 1 heterocycles. The molecule has 1 aromatic heterocycles. The molecular weight excluding hydrogens is 381 g/mol. The largest absolute Gasteiger partial charge is 0.418 e. The van der Waals surface area contributed by atoms with Gasteiger partial charge in [0.2, 0.25) is 5.91 Å². The Hall–Kier alpha value is -2.06. The summed E-state index contributed by atoms with van der Waals surface area (Å²) in [5.74, 6) is -0.0189. The molecule has 0 atom stereocenters. The first-order valence-corrected chi connectivity index (χ1v) is 8.56. The van der Waals surface area contributed by atoms with Gasteiger partial charge in [-0.3, -0.25) is 4.79 Å². The average Bonchev–Trinajstić information content (AvgIpc) is 2.94. The molecule has 3 N–H and O–H groups in total. The van der Waals surface area contributed by atoms with Crippen molar-refractivity contribution in [2.45, 2.75) is 45.2 Å². The normalized spacial score (nSPS) is 11.1. The van der Waals surface area contributed by atoms with Crippen molar-refractivity contribution in [1.82, 2.24) is 9.78 Å². The molecular formula is C18H24ClF3N4O. The van der Waals surface area contributed by atoms with Gasteiger partial charge < -0.3 is 11.1 Å². The Labute approximate surface area is 162 Å². The van der Waals surface area contributed by atoms with Crippen molar-refractivity contribution in [2.24, 2.45) is 5.73 Å². The Morgan fingerprint density at radius 2 is 1.85 bits per heavy atom.